The van der Waals surface area contributed by atoms with E-state index in [0.29, 0.717) is 16.7 Å². The molecule has 0 saturated heterocycles. The van der Waals surface area contributed by atoms with Crippen LogP contribution in [0.25, 0.3) is 10.9 Å². The Morgan fingerprint density at radius 2 is 2.28 bits per heavy atom. The van der Waals surface area contributed by atoms with E-state index in [4.69, 9.17) is 10.5 Å². The largest absolute Gasteiger partial charge is 0.487 e. The molecule has 0 amide bonds. The van der Waals surface area contributed by atoms with Crippen LogP contribution in [0.3, 0.4) is 0 Å². The fourth-order valence-corrected chi connectivity index (χ4v) is 2.52. The average molecular weight is 249 g/mol. The maximum Gasteiger partial charge on any atom is 0.176 e. The average Bonchev–Trinajstić information content (AvgIpc) is 2.82. The molecule has 18 heavy (non-hydrogen) atoms. The fourth-order valence-electron chi connectivity index (χ4n) is 2.52. The monoisotopic (exact) mass is 249 g/mol. The van der Waals surface area contributed by atoms with Gasteiger partial charge in [0.1, 0.15) is 6.10 Å². The highest BCUT2D eigenvalue weighted by Gasteiger charge is 2.22. The molecule has 1 saturated carbocycles. The molecule has 3 N–H and O–H groups in total. The van der Waals surface area contributed by atoms with Crippen LogP contribution in [0.15, 0.2) is 18.3 Å². The molecule has 5 heteroatoms. The molecule has 96 valence electrons. The molecule has 2 atom stereocenters. The van der Waals surface area contributed by atoms with Gasteiger partial charge in [-0.2, -0.15) is 5.10 Å². The second-order valence-corrected chi connectivity index (χ2v) is 4.88. The minimum atomic E-state index is -0.347. The molecule has 0 bridgehead atoms. The van der Waals surface area contributed by atoms with Crippen molar-refractivity contribution in [1.29, 1.82) is 0 Å². The van der Waals surface area contributed by atoms with E-state index in [9.17, 15) is 4.39 Å². The number of hydrogen-bond acceptors (Lipinski definition) is 3. The highest BCUT2D eigenvalue weighted by Crippen LogP contribution is 2.28. The summed E-state index contributed by atoms with van der Waals surface area (Å²) in [4.78, 5) is 0. The van der Waals surface area contributed by atoms with Gasteiger partial charge in [-0.3, -0.25) is 5.10 Å². The predicted molar refractivity (Wildman–Crippen MR) is 66.9 cm³/mol. The molecule has 1 aliphatic rings. The standard InChI is InChI=1S/C13H16FN3O/c14-13-10-7-16-17-11(10)4-5-12(13)18-9-3-1-2-8(15)6-9/h4-5,7-9H,1-3,6,15H2,(H,16,17)/t8-,9+/m1/s1. The second kappa shape index (κ2) is 4.57. The Balaban J connectivity index is 1.83. The third kappa shape index (κ3) is 2.06. The molecule has 0 spiro atoms. The summed E-state index contributed by atoms with van der Waals surface area (Å²) in [5, 5.41) is 7.02. The Labute approximate surface area is 104 Å². The lowest BCUT2D eigenvalue weighted by Crippen LogP contribution is -2.33. The number of rotatable bonds is 2. The molecule has 0 aliphatic heterocycles. The van der Waals surface area contributed by atoms with Crippen LogP contribution in [0.1, 0.15) is 25.7 Å². The summed E-state index contributed by atoms with van der Waals surface area (Å²) in [5.74, 6) is -0.0524. The molecule has 1 aliphatic carbocycles. The summed E-state index contributed by atoms with van der Waals surface area (Å²) in [6.07, 6.45) is 5.31. The van der Waals surface area contributed by atoms with Gasteiger partial charge in [0.25, 0.3) is 0 Å². The molecular formula is C13H16FN3O. The van der Waals surface area contributed by atoms with Gasteiger partial charge >= 0.3 is 0 Å². The highest BCUT2D eigenvalue weighted by molar-refractivity contribution is 5.80. The first-order valence-corrected chi connectivity index (χ1v) is 6.28. The summed E-state index contributed by atoms with van der Waals surface area (Å²) in [6, 6.07) is 3.60. The lowest BCUT2D eigenvalue weighted by Gasteiger charge is -2.27. The van der Waals surface area contributed by atoms with Crippen LogP contribution in [-0.2, 0) is 0 Å². The lowest BCUT2D eigenvalue weighted by atomic mass is 9.93. The smallest absolute Gasteiger partial charge is 0.176 e. The van der Waals surface area contributed by atoms with Gasteiger partial charge in [0.05, 0.1) is 17.1 Å². The van der Waals surface area contributed by atoms with Crippen molar-refractivity contribution in [3.63, 3.8) is 0 Å². The molecule has 0 radical (unpaired) electrons. The predicted octanol–water partition coefficient (Wildman–Crippen LogP) is 2.35. The van der Waals surface area contributed by atoms with Crippen molar-refractivity contribution >= 4 is 10.9 Å². The van der Waals surface area contributed by atoms with Gasteiger partial charge in [0.2, 0.25) is 0 Å². The first kappa shape index (κ1) is 11.5. The normalized spacial score (nSPS) is 24.3. The van der Waals surface area contributed by atoms with Gasteiger partial charge < -0.3 is 10.5 Å². The molecule has 2 aromatic rings. The molecule has 4 nitrogen and oxygen atoms in total. The van der Waals surface area contributed by atoms with E-state index in [-0.39, 0.29) is 18.0 Å². The maximum absolute atomic E-state index is 14.1. The SMILES string of the molecule is N[C@@H]1CCC[C@H](Oc2ccc3[nH]ncc3c2F)C1. The van der Waals surface area contributed by atoms with Gasteiger partial charge in [-0.05, 0) is 37.8 Å². The van der Waals surface area contributed by atoms with Crippen LogP contribution < -0.4 is 10.5 Å². The fraction of sp³-hybridized carbons (Fsp3) is 0.462. The Hall–Kier alpha value is -1.62. The van der Waals surface area contributed by atoms with Gasteiger partial charge in [0, 0.05) is 6.04 Å². The van der Waals surface area contributed by atoms with Crippen molar-refractivity contribution < 1.29 is 9.13 Å². The Bertz CT molecular complexity index is 554. The number of nitrogens with zero attached hydrogens (tertiary/aromatic N) is 1. The number of H-pyrrole nitrogens is 1. The first-order chi connectivity index (χ1) is 8.74. The van der Waals surface area contributed by atoms with Crippen LogP contribution >= 0.6 is 0 Å². The highest BCUT2D eigenvalue weighted by atomic mass is 19.1. The van der Waals surface area contributed by atoms with Crippen molar-refractivity contribution in [2.45, 2.75) is 37.8 Å². The molecule has 1 fully saturated rings. The Kier molecular flexibility index (Phi) is 2.91. The van der Waals surface area contributed by atoms with Crippen molar-refractivity contribution in [3.05, 3.63) is 24.1 Å². The molecular weight excluding hydrogens is 233 g/mol. The van der Waals surface area contributed by atoms with E-state index < -0.39 is 0 Å². The summed E-state index contributed by atoms with van der Waals surface area (Å²) < 4.78 is 19.9. The van der Waals surface area contributed by atoms with E-state index >= 15 is 0 Å². The van der Waals surface area contributed by atoms with Gasteiger partial charge in [0.15, 0.2) is 11.6 Å². The van der Waals surface area contributed by atoms with E-state index in [0.717, 1.165) is 25.7 Å². The zero-order valence-electron chi connectivity index (χ0n) is 10.0. The quantitative estimate of drug-likeness (QED) is 0.858. The Morgan fingerprint density at radius 1 is 1.39 bits per heavy atom. The zero-order chi connectivity index (χ0) is 12.5. The topological polar surface area (TPSA) is 63.9 Å². The van der Waals surface area contributed by atoms with Crippen molar-refractivity contribution in [2.75, 3.05) is 0 Å². The van der Waals surface area contributed by atoms with Crippen LogP contribution in [0.5, 0.6) is 5.75 Å². The number of ether oxygens (including phenoxy) is 1. The number of aromatic amines is 1. The van der Waals surface area contributed by atoms with Crippen LogP contribution in [0.2, 0.25) is 0 Å². The minimum absolute atomic E-state index is 0.0209. The number of hydrogen-bond donors (Lipinski definition) is 2. The Morgan fingerprint density at radius 3 is 3.11 bits per heavy atom. The molecule has 1 heterocycles. The van der Waals surface area contributed by atoms with Crippen LogP contribution in [0, 0.1) is 5.82 Å². The van der Waals surface area contributed by atoms with Crippen molar-refractivity contribution in [3.8, 4) is 5.75 Å². The summed E-state index contributed by atoms with van der Waals surface area (Å²) in [5.41, 5.74) is 6.58. The van der Waals surface area contributed by atoms with Gasteiger partial charge in [-0.15, -0.1) is 0 Å². The summed E-state index contributed by atoms with van der Waals surface area (Å²) in [6.45, 7) is 0. The molecule has 3 rings (SSSR count). The number of nitrogens with two attached hydrogens (primary N) is 1. The van der Waals surface area contributed by atoms with Crippen molar-refractivity contribution in [1.82, 2.24) is 10.2 Å². The van der Waals surface area contributed by atoms with Crippen LogP contribution in [0.4, 0.5) is 4.39 Å². The third-order valence-corrected chi connectivity index (χ3v) is 3.48. The van der Waals surface area contributed by atoms with Gasteiger partial charge in [-0.1, -0.05) is 0 Å². The lowest BCUT2D eigenvalue weighted by molar-refractivity contribution is 0.139. The first-order valence-electron chi connectivity index (χ1n) is 6.28. The van der Waals surface area contributed by atoms with Crippen molar-refractivity contribution in [2.24, 2.45) is 5.73 Å². The second-order valence-electron chi connectivity index (χ2n) is 4.88. The van der Waals surface area contributed by atoms with Gasteiger partial charge in [-0.25, -0.2) is 4.39 Å². The molecule has 0 unspecified atom stereocenters. The summed E-state index contributed by atoms with van der Waals surface area (Å²) in [7, 11) is 0. The molecule has 1 aromatic heterocycles. The van der Waals surface area contributed by atoms with Crippen LogP contribution in [-0.4, -0.2) is 22.3 Å². The molecule has 1 aromatic carbocycles. The third-order valence-electron chi connectivity index (χ3n) is 3.48. The van der Waals surface area contributed by atoms with E-state index in [1.54, 1.807) is 12.1 Å². The summed E-state index contributed by atoms with van der Waals surface area (Å²) >= 11 is 0. The number of benzene rings is 1. The maximum atomic E-state index is 14.1. The van der Waals surface area contributed by atoms with E-state index in [2.05, 4.69) is 10.2 Å². The van der Waals surface area contributed by atoms with E-state index in [1.807, 2.05) is 0 Å². The number of nitrogens with one attached hydrogen (secondary N) is 1. The van der Waals surface area contributed by atoms with E-state index in [1.165, 1.54) is 6.20 Å². The number of aromatic nitrogens is 2. The number of halogens is 1. The number of fused-ring (bicyclic) bond motifs is 1. The zero-order valence-corrected chi connectivity index (χ0v) is 10.0. The minimum Gasteiger partial charge on any atom is -0.487 e.